The van der Waals surface area contributed by atoms with E-state index in [1.165, 1.54) is 11.2 Å². The van der Waals surface area contributed by atoms with Gasteiger partial charge in [-0.1, -0.05) is 15.9 Å². The molecule has 26 heavy (non-hydrogen) atoms. The Morgan fingerprint density at radius 3 is 2.77 bits per heavy atom. The van der Waals surface area contributed by atoms with Gasteiger partial charge >= 0.3 is 5.97 Å². The van der Waals surface area contributed by atoms with Gasteiger partial charge < -0.3 is 15.1 Å². The maximum absolute atomic E-state index is 12.3. The average Bonchev–Trinajstić information content (AvgIpc) is 3.19. The minimum atomic E-state index is -1.15. The number of carboxylic acids is 1. The zero-order valence-corrected chi connectivity index (χ0v) is 15.3. The average molecular weight is 419 g/mol. The predicted octanol–water partition coefficient (Wildman–Crippen LogP) is 1.44. The van der Waals surface area contributed by atoms with E-state index in [1.807, 2.05) is 18.2 Å². The number of aliphatic carboxylic acids is 1. The lowest BCUT2D eigenvalue weighted by atomic mass is 9.82. The second kappa shape index (κ2) is 6.03. The summed E-state index contributed by atoms with van der Waals surface area (Å²) in [5.41, 5.74) is 1.96. The maximum Gasteiger partial charge on any atom is 0.352 e. The third kappa shape index (κ3) is 2.46. The molecule has 2 aromatic rings. The summed E-state index contributed by atoms with van der Waals surface area (Å²) in [7, 11) is 0. The summed E-state index contributed by atoms with van der Waals surface area (Å²) in [6, 6.07) is 5.14. The number of aliphatic hydroxyl groups excluding tert-OH is 1. The Labute approximate surface area is 156 Å². The first kappa shape index (κ1) is 16.9. The largest absolute Gasteiger partial charge is 0.477 e. The van der Waals surface area contributed by atoms with Crippen molar-refractivity contribution >= 4 is 33.4 Å². The molecule has 0 bridgehead atoms. The molecule has 1 saturated heterocycles. The van der Waals surface area contributed by atoms with Gasteiger partial charge in [-0.3, -0.25) is 4.79 Å². The van der Waals surface area contributed by atoms with Crippen LogP contribution in [0.2, 0.25) is 0 Å². The summed E-state index contributed by atoms with van der Waals surface area (Å²) < 4.78 is 2.33. The molecule has 0 spiro atoms. The molecule has 1 aromatic heterocycles. The van der Waals surface area contributed by atoms with Gasteiger partial charge in [0.2, 0.25) is 5.91 Å². The zero-order valence-electron chi connectivity index (χ0n) is 13.7. The first-order chi connectivity index (χ1) is 12.4. The third-order valence-electron chi connectivity index (χ3n) is 4.85. The smallest absolute Gasteiger partial charge is 0.352 e. The molecule has 0 radical (unpaired) electrons. The van der Waals surface area contributed by atoms with Gasteiger partial charge in [-0.05, 0) is 42.7 Å². The van der Waals surface area contributed by atoms with Crippen LogP contribution in [-0.4, -0.2) is 53.9 Å². The highest BCUT2D eigenvalue weighted by molar-refractivity contribution is 9.10. The molecule has 2 N–H and O–H groups in total. The van der Waals surface area contributed by atoms with Crippen molar-refractivity contribution in [2.45, 2.75) is 25.5 Å². The van der Waals surface area contributed by atoms with Crippen LogP contribution in [-0.2, 0) is 9.59 Å². The number of β-lactam (4-membered cyclic amide) rings is 1. The number of carbonyl (C=O) groups is 2. The van der Waals surface area contributed by atoms with Gasteiger partial charge in [0.1, 0.15) is 18.4 Å². The molecule has 2 aliphatic rings. The van der Waals surface area contributed by atoms with Crippen LogP contribution >= 0.6 is 15.9 Å². The van der Waals surface area contributed by atoms with Crippen molar-refractivity contribution < 1.29 is 19.8 Å². The summed E-state index contributed by atoms with van der Waals surface area (Å²) in [5.74, 6) is -2.06. The zero-order chi connectivity index (χ0) is 18.6. The number of aliphatic hydroxyl groups is 1. The normalized spacial score (nSPS) is 23.0. The second-order valence-corrected chi connectivity index (χ2v) is 7.33. The lowest BCUT2D eigenvalue weighted by molar-refractivity contribution is -0.161. The number of fused-ring (bicyclic) bond motifs is 1. The molecule has 2 aliphatic heterocycles. The number of amides is 1. The molecule has 1 fully saturated rings. The van der Waals surface area contributed by atoms with E-state index in [0.29, 0.717) is 17.6 Å². The van der Waals surface area contributed by atoms with Crippen molar-refractivity contribution in [1.82, 2.24) is 19.7 Å². The first-order valence-corrected chi connectivity index (χ1v) is 8.81. The van der Waals surface area contributed by atoms with Crippen LogP contribution in [0.1, 0.15) is 18.9 Å². The number of aromatic nitrogens is 3. The van der Waals surface area contributed by atoms with E-state index in [4.69, 9.17) is 0 Å². The van der Waals surface area contributed by atoms with Crippen molar-refractivity contribution in [1.29, 1.82) is 0 Å². The Morgan fingerprint density at radius 1 is 1.38 bits per heavy atom. The van der Waals surface area contributed by atoms with E-state index in [9.17, 15) is 19.8 Å². The van der Waals surface area contributed by atoms with Gasteiger partial charge in [0, 0.05) is 4.47 Å². The Bertz CT molecular complexity index is 938. The van der Waals surface area contributed by atoms with E-state index in [0.717, 1.165) is 10.2 Å². The third-order valence-corrected chi connectivity index (χ3v) is 5.30. The number of benzene rings is 1. The minimum Gasteiger partial charge on any atom is -0.477 e. The number of rotatable bonds is 4. The number of hydrogen-bond acceptors (Lipinski definition) is 5. The SMILES string of the molecule is C[C@@H](O)[C@H]1C(=O)N2C(C(=O)O)=C(c3cc(Br)cc(-n4cncn4)c3)CC12. The van der Waals surface area contributed by atoms with Crippen molar-refractivity contribution in [3.05, 3.63) is 46.6 Å². The molecule has 9 heteroatoms. The summed E-state index contributed by atoms with van der Waals surface area (Å²) in [6.07, 6.45) is 2.53. The van der Waals surface area contributed by atoms with E-state index in [-0.39, 0.29) is 17.6 Å². The molecule has 1 aromatic carbocycles. The highest BCUT2D eigenvalue weighted by atomic mass is 79.9. The highest BCUT2D eigenvalue weighted by Gasteiger charge is 2.56. The topological polar surface area (TPSA) is 109 Å². The standard InChI is InChI=1S/C17H15BrN4O4/c1-8(23)14-13-5-12(15(17(25)26)22(13)16(14)24)9-2-10(18)4-11(3-9)21-7-19-6-20-21/h2-4,6-8,13-14,23H,5H2,1H3,(H,25,26)/t8-,13?,14-/m1/s1. The monoisotopic (exact) mass is 418 g/mol. The Kier molecular flexibility index (Phi) is 3.92. The molecule has 3 atom stereocenters. The van der Waals surface area contributed by atoms with Crippen molar-refractivity contribution in [3.8, 4) is 5.69 Å². The summed E-state index contributed by atoms with van der Waals surface area (Å²) in [5, 5.41) is 23.6. The van der Waals surface area contributed by atoms with Gasteiger partial charge in [-0.25, -0.2) is 14.5 Å². The van der Waals surface area contributed by atoms with Gasteiger partial charge in [0.15, 0.2) is 0 Å². The number of nitrogens with zero attached hydrogens (tertiary/aromatic N) is 4. The van der Waals surface area contributed by atoms with E-state index in [1.54, 1.807) is 17.9 Å². The highest BCUT2D eigenvalue weighted by Crippen LogP contribution is 2.47. The Hall–Kier alpha value is -2.52. The van der Waals surface area contributed by atoms with Crippen LogP contribution in [0.5, 0.6) is 0 Å². The number of hydrogen-bond donors (Lipinski definition) is 2. The fraction of sp³-hybridized carbons (Fsp3) is 0.294. The van der Waals surface area contributed by atoms with Crippen LogP contribution in [0.15, 0.2) is 41.0 Å². The molecule has 0 aliphatic carbocycles. The second-order valence-electron chi connectivity index (χ2n) is 6.42. The molecular weight excluding hydrogens is 404 g/mol. The Morgan fingerprint density at radius 2 is 2.15 bits per heavy atom. The summed E-state index contributed by atoms with van der Waals surface area (Å²) >= 11 is 3.44. The summed E-state index contributed by atoms with van der Waals surface area (Å²) in [4.78, 5) is 29.4. The summed E-state index contributed by atoms with van der Waals surface area (Å²) in [6.45, 7) is 1.56. The van der Waals surface area contributed by atoms with Gasteiger partial charge in [-0.2, -0.15) is 5.10 Å². The lowest BCUT2D eigenvalue weighted by Crippen LogP contribution is -2.61. The maximum atomic E-state index is 12.3. The minimum absolute atomic E-state index is 0.0143. The number of halogens is 1. The van der Waals surface area contributed by atoms with Crippen LogP contribution in [0, 0.1) is 5.92 Å². The fourth-order valence-corrected chi connectivity index (χ4v) is 4.23. The Balaban J connectivity index is 1.80. The molecular formula is C17H15BrN4O4. The van der Waals surface area contributed by atoms with E-state index >= 15 is 0 Å². The molecule has 1 unspecified atom stereocenters. The van der Waals surface area contributed by atoms with Crippen LogP contribution in [0.25, 0.3) is 11.3 Å². The predicted molar refractivity (Wildman–Crippen MR) is 94.0 cm³/mol. The number of carbonyl (C=O) groups excluding carboxylic acids is 1. The lowest BCUT2D eigenvalue weighted by Gasteiger charge is -2.44. The molecule has 4 rings (SSSR count). The van der Waals surface area contributed by atoms with Crippen molar-refractivity contribution in [2.75, 3.05) is 0 Å². The van der Waals surface area contributed by atoms with Crippen LogP contribution < -0.4 is 0 Å². The molecule has 0 saturated carbocycles. The quantitative estimate of drug-likeness (QED) is 0.727. The van der Waals surface area contributed by atoms with E-state index in [2.05, 4.69) is 26.0 Å². The van der Waals surface area contributed by atoms with Crippen LogP contribution in [0.3, 0.4) is 0 Å². The van der Waals surface area contributed by atoms with Gasteiger partial charge in [0.25, 0.3) is 0 Å². The molecule has 134 valence electrons. The van der Waals surface area contributed by atoms with Gasteiger partial charge in [-0.15, -0.1) is 0 Å². The van der Waals surface area contributed by atoms with Crippen LogP contribution in [0.4, 0.5) is 0 Å². The van der Waals surface area contributed by atoms with E-state index < -0.39 is 18.0 Å². The van der Waals surface area contributed by atoms with Crippen molar-refractivity contribution in [3.63, 3.8) is 0 Å². The van der Waals surface area contributed by atoms with Crippen molar-refractivity contribution in [2.24, 2.45) is 5.92 Å². The fourth-order valence-electron chi connectivity index (χ4n) is 3.75. The first-order valence-electron chi connectivity index (χ1n) is 8.02. The molecule has 3 heterocycles. The molecule has 1 amide bonds. The van der Waals surface area contributed by atoms with Gasteiger partial charge in [0.05, 0.1) is 23.8 Å². The number of carboxylic acid groups (broad SMARTS) is 1. The molecule has 8 nitrogen and oxygen atoms in total.